The van der Waals surface area contributed by atoms with Crippen LogP contribution >= 0.6 is 0 Å². The summed E-state index contributed by atoms with van der Waals surface area (Å²) in [5, 5.41) is 14.6. The maximum Gasteiger partial charge on any atom is 0.302 e. The summed E-state index contributed by atoms with van der Waals surface area (Å²) in [4.78, 5) is 10.8. The van der Waals surface area contributed by atoms with Gasteiger partial charge in [-0.25, -0.2) is 0 Å². The number of anilines is 1. The van der Waals surface area contributed by atoms with Gasteiger partial charge in [0.15, 0.2) is 0 Å². The molecule has 2 aromatic rings. The molecule has 9 heteroatoms. The fraction of sp³-hybridized carbons (Fsp3) is 0.375. The van der Waals surface area contributed by atoms with Crippen molar-refractivity contribution in [2.45, 2.75) is 26.4 Å². The third-order valence-corrected chi connectivity index (χ3v) is 5.41. The lowest BCUT2D eigenvalue weighted by Crippen LogP contribution is -2.30. The van der Waals surface area contributed by atoms with E-state index < -0.39 is 16.3 Å². The standard InChI is InChI=1S/C16H20N4O4S/c1-11(2)7-19-8-13(6-17-19)12-3-4-15(16(22)5-12)20-9-14(10-21)18-25(20,23)24/h3-6,8,10-11,14,18,22H,7,9H2,1-2H3. The first kappa shape index (κ1) is 17.4. The monoisotopic (exact) mass is 364 g/mol. The van der Waals surface area contributed by atoms with Crippen molar-refractivity contribution in [1.29, 1.82) is 0 Å². The van der Waals surface area contributed by atoms with Gasteiger partial charge in [0.25, 0.3) is 0 Å². The normalized spacial score (nSPS) is 19.5. The zero-order valence-electron chi connectivity index (χ0n) is 14.0. The van der Waals surface area contributed by atoms with Crippen molar-refractivity contribution in [3.63, 3.8) is 0 Å². The van der Waals surface area contributed by atoms with Gasteiger partial charge >= 0.3 is 10.2 Å². The van der Waals surface area contributed by atoms with E-state index >= 15 is 0 Å². The molecule has 1 aliphatic rings. The minimum atomic E-state index is -3.84. The van der Waals surface area contributed by atoms with E-state index in [1.807, 2.05) is 10.9 Å². The molecule has 1 fully saturated rings. The predicted molar refractivity (Wildman–Crippen MR) is 93.4 cm³/mol. The van der Waals surface area contributed by atoms with E-state index in [1.54, 1.807) is 12.3 Å². The number of hydrogen-bond acceptors (Lipinski definition) is 5. The van der Waals surface area contributed by atoms with Crippen LogP contribution in [0.25, 0.3) is 11.1 Å². The van der Waals surface area contributed by atoms with Gasteiger partial charge in [-0.3, -0.25) is 8.99 Å². The lowest BCUT2D eigenvalue weighted by atomic mass is 10.1. The Balaban J connectivity index is 1.89. The first-order valence-corrected chi connectivity index (χ1v) is 9.35. The fourth-order valence-corrected chi connectivity index (χ4v) is 4.18. The molecule has 0 amide bonds. The Morgan fingerprint density at radius 1 is 1.40 bits per heavy atom. The zero-order chi connectivity index (χ0) is 18.2. The number of aromatic nitrogens is 2. The van der Waals surface area contributed by atoms with Gasteiger partial charge < -0.3 is 9.90 Å². The molecule has 3 rings (SSSR count). The van der Waals surface area contributed by atoms with Gasteiger partial charge in [-0.15, -0.1) is 0 Å². The van der Waals surface area contributed by atoms with E-state index in [1.165, 1.54) is 12.1 Å². The summed E-state index contributed by atoms with van der Waals surface area (Å²) < 4.78 is 29.2. The topological polar surface area (TPSA) is 105 Å². The summed E-state index contributed by atoms with van der Waals surface area (Å²) in [5.74, 6) is 0.285. The van der Waals surface area contributed by atoms with Crippen molar-refractivity contribution in [2.24, 2.45) is 5.92 Å². The van der Waals surface area contributed by atoms with Crippen molar-refractivity contribution in [2.75, 3.05) is 10.8 Å². The molecule has 1 saturated heterocycles. The molecule has 25 heavy (non-hydrogen) atoms. The van der Waals surface area contributed by atoms with Crippen LogP contribution < -0.4 is 9.03 Å². The first-order valence-electron chi connectivity index (χ1n) is 7.91. The van der Waals surface area contributed by atoms with Crippen LogP contribution in [0, 0.1) is 5.92 Å². The Bertz CT molecular complexity index is 891. The van der Waals surface area contributed by atoms with Crippen LogP contribution in [0.15, 0.2) is 30.6 Å². The Morgan fingerprint density at radius 2 is 2.16 bits per heavy atom. The van der Waals surface area contributed by atoms with E-state index in [0.29, 0.717) is 12.2 Å². The van der Waals surface area contributed by atoms with Crippen molar-refractivity contribution in [3.8, 4) is 16.9 Å². The summed E-state index contributed by atoms with van der Waals surface area (Å²) in [6, 6.07) is 3.92. The number of phenols is 1. The smallest absolute Gasteiger partial charge is 0.302 e. The number of carbonyl (C=O) groups excluding carboxylic acids is 1. The van der Waals surface area contributed by atoms with Crippen molar-refractivity contribution < 1.29 is 18.3 Å². The fourth-order valence-electron chi connectivity index (χ4n) is 2.77. The molecule has 8 nitrogen and oxygen atoms in total. The molecule has 2 N–H and O–H groups in total. The molecular formula is C16H20N4O4S. The molecule has 0 bridgehead atoms. The predicted octanol–water partition coefficient (Wildman–Crippen LogP) is 1.13. The average Bonchev–Trinajstić information content (AvgIpc) is 3.10. The van der Waals surface area contributed by atoms with Crippen LogP contribution in [-0.2, 0) is 21.5 Å². The molecule has 0 radical (unpaired) electrons. The summed E-state index contributed by atoms with van der Waals surface area (Å²) >= 11 is 0. The Hall–Kier alpha value is -2.39. The van der Waals surface area contributed by atoms with E-state index in [9.17, 15) is 18.3 Å². The minimum Gasteiger partial charge on any atom is -0.506 e. The van der Waals surface area contributed by atoms with Crippen LogP contribution in [0.5, 0.6) is 5.75 Å². The molecule has 0 saturated carbocycles. The van der Waals surface area contributed by atoms with Crippen molar-refractivity contribution in [3.05, 3.63) is 30.6 Å². The lowest BCUT2D eigenvalue weighted by Gasteiger charge is -2.17. The van der Waals surface area contributed by atoms with E-state index in [4.69, 9.17) is 0 Å². The molecule has 1 aromatic carbocycles. The lowest BCUT2D eigenvalue weighted by molar-refractivity contribution is -0.108. The third kappa shape index (κ3) is 3.52. The van der Waals surface area contributed by atoms with E-state index in [-0.39, 0.29) is 18.0 Å². The number of rotatable bonds is 5. The number of benzene rings is 1. The number of hydrogen-bond donors (Lipinski definition) is 2. The highest BCUT2D eigenvalue weighted by Gasteiger charge is 2.36. The van der Waals surface area contributed by atoms with E-state index in [0.717, 1.165) is 22.0 Å². The minimum absolute atomic E-state index is 0.0505. The number of phenolic OH excluding ortho intramolecular Hbond substituents is 1. The molecule has 1 atom stereocenters. The average molecular weight is 364 g/mol. The van der Waals surface area contributed by atoms with Gasteiger partial charge in [-0.05, 0) is 23.6 Å². The van der Waals surface area contributed by atoms with Gasteiger partial charge in [0.2, 0.25) is 0 Å². The summed E-state index contributed by atoms with van der Waals surface area (Å²) in [5.41, 5.74) is 1.69. The Morgan fingerprint density at radius 3 is 2.76 bits per heavy atom. The molecular weight excluding hydrogens is 344 g/mol. The largest absolute Gasteiger partial charge is 0.506 e. The van der Waals surface area contributed by atoms with E-state index in [2.05, 4.69) is 23.7 Å². The first-order chi connectivity index (χ1) is 11.8. The van der Waals surface area contributed by atoms with Gasteiger partial charge in [0.1, 0.15) is 12.0 Å². The second-order valence-corrected chi connectivity index (χ2v) is 8.07. The molecule has 2 heterocycles. The number of aldehydes is 1. The highest BCUT2D eigenvalue weighted by Crippen LogP contribution is 2.34. The van der Waals surface area contributed by atoms with Crippen LogP contribution in [0.3, 0.4) is 0 Å². The highest BCUT2D eigenvalue weighted by atomic mass is 32.2. The maximum absolute atomic E-state index is 12.1. The molecule has 0 spiro atoms. The SMILES string of the molecule is CC(C)Cn1cc(-c2ccc(N3CC(C=O)NS3(=O)=O)c(O)c2)cn1. The summed E-state index contributed by atoms with van der Waals surface area (Å²) in [6.45, 7) is 4.93. The van der Waals surface area contributed by atoms with Gasteiger partial charge in [0.05, 0.1) is 24.5 Å². The van der Waals surface area contributed by atoms with Gasteiger partial charge in [-0.2, -0.15) is 18.2 Å². The highest BCUT2D eigenvalue weighted by molar-refractivity contribution is 7.91. The van der Waals surface area contributed by atoms with Crippen molar-refractivity contribution >= 4 is 22.2 Å². The quantitative estimate of drug-likeness (QED) is 0.774. The number of nitrogens with one attached hydrogen (secondary N) is 1. The molecule has 1 unspecified atom stereocenters. The van der Waals surface area contributed by atoms with Crippen LogP contribution in [0.1, 0.15) is 13.8 Å². The van der Waals surface area contributed by atoms with Crippen LogP contribution in [0.4, 0.5) is 5.69 Å². The van der Waals surface area contributed by atoms with Gasteiger partial charge in [0, 0.05) is 18.3 Å². The van der Waals surface area contributed by atoms with Crippen LogP contribution in [-0.4, -0.2) is 42.2 Å². The molecule has 134 valence electrons. The Kier molecular flexibility index (Phi) is 4.53. The number of aromatic hydroxyl groups is 1. The second-order valence-electron chi connectivity index (χ2n) is 6.44. The molecule has 1 aliphatic heterocycles. The number of carbonyl (C=O) groups is 1. The maximum atomic E-state index is 12.1. The third-order valence-electron chi connectivity index (χ3n) is 3.88. The van der Waals surface area contributed by atoms with Gasteiger partial charge in [-0.1, -0.05) is 19.9 Å². The summed E-state index contributed by atoms with van der Waals surface area (Å²) in [7, 11) is -3.84. The second kappa shape index (κ2) is 6.49. The van der Waals surface area contributed by atoms with Crippen molar-refractivity contribution in [1.82, 2.24) is 14.5 Å². The molecule has 0 aliphatic carbocycles. The summed E-state index contributed by atoms with van der Waals surface area (Å²) in [6.07, 6.45) is 4.12. The number of nitrogens with zero attached hydrogens (tertiary/aromatic N) is 3. The zero-order valence-corrected chi connectivity index (χ0v) is 14.8. The van der Waals surface area contributed by atoms with Crippen LogP contribution in [0.2, 0.25) is 0 Å². The Labute approximate surface area is 146 Å². The molecule has 1 aromatic heterocycles.